The first-order valence-corrected chi connectivity index (χ1v) is 10.2. The predicted octanol–water partition coefficient (Wildman–Crippen LogP) is 3.25. The summed E-state index contributed by atoms with van der Waals surface area (Å²) >= 11 is 0. The molecule has 3 atom stereocenters. The van der Waals surface area contributed by atoms with Crippen LogP contribution in [0, 0.1) is 0 Å². The van der Waals surface area contributed by atoms with E-state index < -0.39 is 17.2 Å². The normalized spacial score (nSPS) is 29.1. The van der Waals surface area contributed by atoms with Gasteiger partial charge in [-0.05, 0) is 42.7 Å². The van der Waals surface area contributed by atoms with Crippen molar-refractivity contribution in [3.05, 3.63) is 46.5 Å². The fourth-order valence-corrected chi connectivity index (χ4v) is 6.02. The zero-order valence-electron chi connectivity index (χ0n) is 17.8. The SMILES string of the molecule is COc1ccc2c(c1OC)[C@@](C)(OC)[C@@]13c4cc5c(cc4CCN1C(=O)O[C@@H]23)OCO5. The third kappa shape index (κ3) is 1.93. The first-order chi connectivity index (χ1) is 15.0. The molecule has 31 heavy (non-hydrogen) atoms. The average Bonchev–Trinajstić information content (AvgIpc) is 3.43. The number of carbonyl (C=O) groups excluding carboxylic acids is 1. The highest BCUT2D eigenvalue weighted by molar-refractivity contribution is 5.78. The fourth-order valence-electron chi connectivity index (χ4n) is 6.02. The van der Waals surface area contributed by atoms with Gasteiger partial charge in [0.2, 0.25) is 6.79 Å². The number of hydrogen-bond acceptors (Lipinski definition) is 7. The molecular weight excluding hydrogens is 402 g/mol. The van der Waals surface area contributed by atoms with Crippen LogP contribution < -0.4 is 18.9 Å². The van der Waals surface area contributed by atoms with E-state index in [2.05, 4.69) is 0 Å². The molecule has 0 bridgehead atoms. The molecule has 2 aromatic rings. The minimum atomic E-state index is -0.970. The maximum atomic E-state index is 13.1. The van der Waals surface area contributed by atoms with Crippen molar-refractivity contribution in [1.29, 1.82) is 0 Å². The zero-order chi connectivity index (χ0) is 21.5. The molecular formula is C23H23NO7. The Morgan fingerprint density at radius 3 is 2.58 bits per heavy atom. The molecule has 1 saturated heterocycles. The largest absolute Gasteiger partial charge is 0.493 e. The topological polar surface area (TPSA) is 75.7 Å². The number of fused-ring (bicyclic) bond motifs is 4. The standard InChI is InChI=1S/C23H23NO7/c1-22(28-4)18-13(5-6-15(26-2)19(18)27-3)20-23(22)14-10-17-16(29-11-30-17)9-12(14)7-8-24(23)21(25)31-20/h5-6,9-10,20H,7-8,11H2,1-4H3/t20-,22+,23-/m0/s1. The first kappa shape index (κ1) is 18.6. The van der Waals surface area contributed by atoms with Crippen molar-refractivity contribution < 1.29 is 33.2 Å². The second-order valence-electron chi connectivity index (χ2n) is 8.30. The molecule has 0 unspecified atom stereocenters. The van der Waals surface area contributed by atoms with Gasteiger partial charge < -0.3 is 28.4 Å². The van der Waals surface area contributed by atoms with E-state index in [1.807, 2.05) is 31.2 Å². The molecule has 1 aliphatic carbocycles. The lowest BCUT2D eigenvalue weighted by molar-refractivity contribution is -0.123. The molecule has 8 nitrogen and oxygen atoms in total. The summed E-state index contributed by atoms with van der Waals surface area (Å²) in [6, 6.07) is 7.77. The highest BCUT2D eigenvalue weighted by Gasteiger charge is 2.74. The minimum Gasteiger partial charge on any atom is -0.493 e. The van der Waals surface area contributed by atoms with Crippen LogP contribution in [0.5, 0.6) is 23.0 Å². The Bertz CT molecular complexity index is 1130. The molecule has 4 aliphatic rings. The fraction of sp³-hybridized carbons (Fsp3) is 0.435. The van der Waals surface area contributed by atoms with E-state index in [1.54, 1.807) is 26.2 Å². The zero-order valence-corrected chi connectivity index (χ0v) is 17.8. The molecule has 162 valence electrons. The second kappa shape index (κ2) is 5.97. The summed E-state index contributed by atoms with van der Waals surface area (Å²) in [5.74, 6) is 2.56. The van der Waals surface area contributed by atoms with Gasteiger partial charge in [-0.2, -0.15) is 0 Å². The van der Waals surface area contributed by atoms with E-state index in [-0.39, 0.29) is 12.9 Å². The van der Waals surface area contributed by atoms with Crippen LogP contribution in [-0.2, 0) is 27.0 Å². The van der Waals surface area contributed by atoms with Gasteiger partial charge in [0, 0.05) is 24.8 Å². The number of nitrogens with zero attached hydrogens (tertiary/aromatic N) is 1. The quantitative estimate of drug-likeness (QED) is 0.747. The van der Waals surface area contributed by atoms with Gasteiger partial charge in [-0.15, -0.1) is 0 Å². The maximum Gasteiger partial charge on any atom is 0.411 e. The number of carbonyl (C=O) groups is 1. The van der Waals surface area contributed by atoms with Crippen LogP contribution >= 0.6 is 0 Å². The highest BCUT2D eigenvalue weighted by Crippen LogP contribution is 2.69. The van der Waals surface area contributed by atoms with E-state index >= 15 is 0 Å². The Morgan fingerprint density at radius 2 is 1.87 bits per heavy atom. The summed E-state index contributed by atoms with van der Waals surface area (Å²) in [6.07, 6.45) is -0.234. The second-order valence-corrected chi connectivity index (χ2v) is 8.30. The van der Waals surface area contributed by atoms with Crippen molar-refractivity contribution in [1.82, 2.24) is 4.90 Å². The van der Waals surface area contributed by atoms with Crippen LogP contribution in [0.3, 0.4) is 0 Å². The molecule has 3 heterocycles. The van der Waals surface area contributed by atoms with Gasteiger partial charge in [0.25, 0.3) is 0 Å². The van der Waals surface area contributed by atoms with E-state index in [1.165, 1.54) is 0 Å². The van der Waals surface area contributed by atoms with Gasteiger partial charge in [0.1, 0.15) is 11.1 Å². The number of methoxy groups -OCH3 is 3. The average molecular weight is 425 g/mol. The van der Waals surface area contributed by atoms with Crippen molar-refractivity contribution in [2.75, 3.05) is 34.7 Å². The summed E-state index contributed by atoms with van der Waals surface area (Å²) in [5.41, 5.74) is 1.82. The lowest BCUT2D eigenvalue weighted by Crippen LogP contribution is -2.59. The van der Waals surface area contributed by atoms with E-state index in [0.29, 0.717) is 30.2 Å². The lowest BCUT2D eigenvalue weighted by atomic mass is 9.69. The Morgan fingerprint density at radius 1 is 1.10 bits per heavy atom. The summed E-state index contributed by atoms with van der Waals surface area (Å²) in [5, 5.41) is 0. The summed E-state index contributed by atoms with van der Waals surface area (Å²) in [6.45, 7) is 2.68. The third-order valence-electron chi connectivity index (χ3n) is 7.33. The van der Waals surface area contributed by atoms with Crippen LogP contribution in [0.4, 0.5) is 4.79 Å². The highest BCUT2D eigenvalue weighted by atomic mass is 16.7. The monoisotopic (exact) mass is 425 g/mol. The minimum absolute atomic E-state index is 0.181. The Hall–Kier alpha value is -3.13. The van der Waals surface area contributed by atoms with Gasteiger partial charge in [-0.25, -0.2) is 4.79 Å². The molecule has 6 rings (SSSR count). The smallest absolute Gasteiger partial charge is 0.411 e. The number of hydrogen-bond donors (Lipinski definition) is 0. The van der Waals surface area contributed by atoms with Gasteiger partial charge in [0.05, 0.1) is 14.2 Å². The predicted molar refractivity (Wildman–Crippen MR) is 108 cm³/mol. The molecule has 1 spiro atoms. The summed E-state index contributed by atoms with van der Waals surface area (Å²) < 4.78 is 35.0. The van der Waals surface area contributed by atoms with Gasteiger partial charge >= 0.3 is 6.09 Å². The molecule has 8 heteroatoms. The third-order valence-corrected chi connectivity index (χ3v) is 7.33. The summed E-state index contributed by atoms with van der Waals surface area (Å²) in [4.78, 5) is 14.9. The number of rotatable bonds is 3. The van der Waals surface area contributed by atoms with Crippen LogP contribution in [0.1, 0.15) is 35.3 Å². The van der Waals surface area contributed by atoms with Crippen LogP contribution in [0.25, 0.3) is 0 Å². The molecule has 0 saturated carbocycles. The molecule has 0 N–H and O–H groups in total. The van der Waals surface area contributed by atoms with E-state index in [9.17, 15) is 4.79 Å². The van der Waals surface area contributed by atoms with Crippen molar-refractivity contribution in [3.8, 4) is 23.0 Å². The molecule has 1 fully saturated rings. The van der Waals surface area contributed by atoms with Crippen molar-refractivity contribution in [2.24, 2.45) is 0 Å². The lowest BCUT2D eigenvalue weighted by Gasteiger charge is -2.49. The number of amides is 1. The van der Waals surface area contributed by atoms with Gasteiger partial charge in [-0.3, -0.25) is 4.90 Å². The van der Waals surface area contributed by atoms with Crippen LogP contribution in [0.15, 0.2) is 24.3 Å². The molecule has 0 radical (unpaired) electrons. The van der Waals surface area contributed by atoms with Gasteiger partial charge in [0.15, 0.2) is 29.1 Å². The molecule has 2 aromatic carbocycles. The number of benzene rings is 2. The molecule has 0 aromatic heterocycles. The summed E-state index contributed by atoms with van der Waals surface area (Å²) in [7, 11) is 4.87. The van der Waals surface area contributed by atoms with Crippen molar-refractivity contribution >= 4 is 6.09 Å². The van der Waals surface area contributed by atoms with Crippen LogP contribution in [-0.4, -0.2) is 45.7 Å². The Kier molecular flexibility index (Phi) is 3.59. The van der Waals surface area contributed by atoms with Gasteiger partial charge in [-0.1, -0.05) is 6.07 Å². The molecule has 3 aliphatic heterocycles. The molecule has 1 amide bonds. The van der Waals surface area contributed by atoms with E-state index in [0.717, 1.165) is 28.0 Å². The van der Waals surface area contributed by atoms with Crippen molar-refractivity contribution in [3.63, 3.8) is 0 Å². The maximum absolute atomic E-state index is 13.1. The van der Waals surface area contributed by atoms with Crippen molar-refractivity contribution in [2.45, 2.75) is 30.6 Å². The van der Waals surface area contributed by atoms with Crippen LogP contribution in [0.2, 0.25) is 0 Å². The Balaban J connectivity index is 1.71. The van der Waals surface area contributed by atoms with E-state index in [4.69, 9.17) is 28.4 Å². The Labute approximate surface area is 179 Å². The number of ether oxygens (including phenoxy) is 6. The first-order valence-electron chi connectivity index (χ1n) is 10.2.